The number of esters is 1. The molecule has 0 atom stereocenters. The lowest BCUT2D eigenvalue weighted by Crippen LogP contribution is -2.49. The summed E-state index contributed by atoms with van der Waals surface area (Å²) in [7, 11) is -1.81. The van der Waals surface area contributed by atoms with Crippen LogP contribution in [0.15, 0.2) is 85.2 Å². The van der Waals surface area contributed by atoms with E-state index in [0.717, 1.165) is 0 Å². The fraction of sp³-hybridized carbons (Fsp3) is 0.350. The number of hydrogen-bond acceptors (Lipinski definition) is 14. The van der Waals surface area contributed by atoms with Crippen LogP contribution >= 0.6 is 0 Å². The monoisotopic (exact) mass is 865 g/mol. The van der Waals surface area contributed by atoms with Gasteiger partial charge in [-0.05, 0) is 72.8 Å². The summed E-state index contributed by atoms with van der Waals surface area (Å²) in [6.45, 7) is 0.776. The fourth-order valence-corrected chi connectivity index (χ4v) is 8.50. The standard InChI is InChI=1S/C20H24N4O5S.C20H23N3O6S/c1-29-18-6-4-17(5-7-18)24(20(26)23-8-10-30(27,28)11-9-23)14-16-3-2-15(13-22-16)19(25)12-21;1-28-18-7-5-17(6-8-18)23(20(25)22-9-11-30(26,27)12-10-22)14-16-4-3-15(13-21-16)19(24)29-2/h2-7,13H,8-12,14,21H2,1H3;3-8,13H,9-12,14H2,1-2H3. The zero-order valence-corrected chi connectivity index (χ0v) is 35.1. The minimum atomic E-state index is -3.11. The second-order valence-electron chi connectivity index (χ2n) is 13.6. The van der Waals surface area contributed by atoms with Crippen LogP contribution in [0.4, 0.5) is 21.0 Å². The van der Waals surface area contributed by atoms with Gasteiger partial charge in [0, 0.05) is 55.5 Å². The Morgan fingerprint density at radius 3 is 1.30 bits per heavy atom. The SMILES string of the molecule is COC(=O)c1ccc(CN(C(=O)N2CCS(=O)(=O)CC2)c2ccc(OC)cc2)nc1.COc1ccc(N(Cc2ccc(C(=O)CN)cn2)C(=O)N2CCS(=O)(=O)CC2)cc1. The summed E-state index contributed by atoms with van der Waals surface area (Å²) in [6.07, 6.45) is 2.83. The number of ether oxygens (including phenoxy) is 3. The number of rotatable bonds is 11. The number of pyridine rings is 2. The predicted octanol–water partition coefficient (Wildman–Crippen LogP) is 2.82. The Labute approximate surface area is 348 Å². The number of carbonyl (C=O) groups is 4. The molecule has 0 unspecified atom stereocenters. The Kier molecular flexibility index (Phi) is 15.2. The number of nitrogens with zero attached hydrogens (tertiary/aromatic N) is 6. The van der Waals surface area contributed by atoms with E-state index in [1.165, 1.54) is 39.1 Å². The molecule has 0 saturated carbocycles. The van der Waals surface area contributed by atoms with Gasteiger partial charge in [0.25, 0.3) is 0 Å². The highest BCUT2D eigenvalue weighted by Gasteiger charge is 2.31. The second-order valence-corrected chi connectivity index (χ2v) is 18.2. The van der Waals surface area contributed by atoms with Crippen molar-refractivity contribution in [3.05, 3.63) is 108 Å². The average Bonchev–Trinajstić information content (AvgIpc) is 3.27. The van der Waals surface area contributed by atoms with Crippen LogP contribution in [0.2, 0.25) is 0 Å². The molecule has 320 valence electrons. The van der Waals surface area contributed by atoms with E-state index in [2.05, 4.69) is 14.7 Å². The third kappa shape index (κ3) is 12.0. The summed E-state index contributed by atoms with van der Waals surface area (Å²) in [5.74, 6) is 0.377. The quantitative estimate of drug-likeness (QED) is 0.169. The van der Waals surface area contributed by atoms with Gasteiger partial charge in [-0.15, -0.1) is 0 Å². The fourth-order valence-electron chi connectivity index (χ4n) is 6.09. The Hall–Kier alpha value is -6.12. The Bertz CT molecular complexity index is 2150. The zero-order chi connectivity index (χ0) is 43.5. The number of anilines is 2. The first-order valence-corrected chi connectivity index (χ1v) is 22.3. The number of Topliss-reactive ketones (excluding diaryl/α,β-unsaturated/α-hetero) is 1. The van der Waals surface area contributed by atoms with Crippen molar-refractivity contribution in [1.29, 1.82) is 0 Å². The van der Waals surface area contributed by atoms with Gasteiger partial charge in [0.05, 0.1) is 80.9 Å². The van der Waals surface area contributed by atoms with Crippen LogP contribution in [0.1, 0.15) is 32.1 Å². The van der Waals surface area contributed by atoms with E-state index < -0.39 is 25.6 Å². The number of aromatic nitrogens is 2. The third-order valence-corrected chi connectivity index (χ3v) is 12.9. The average molecular weight is 866 g/mol. The van der Waals surface area contributed by atoms with Crippen molar-refractivity contribution >= 4 is 54.9 Å². The zero-order valence-electron chi connectivity index (χ0n) is 33.4. The molecule has 2 aliphatic rings. The number of carbonyl (C=O) groups excluding carboxylic acids is 4. The van der Waals surface area contributed by atoms with E-state index in [4.69, 9.17) is 15.2 Å². The topological polar surface area (TPSA) is 229 Å². The van der Waals surface area contributed by atoms with Crippen LogP contribution in [-0.4, -0.2) is 137 Å². The Morgan fingerprint density at radius 2 is 0.983 bits per heavy atom. The molecule has 6 rings (SSSR count). The molecule has 18 nitrogen and oxygen atoms in total. The smallest absolute Gasteiger partial charge is 0.339 e. The largest absolute Gasteiger partial charge is 0.497 e. The number of methoxy groups -OCH3 is 3. The Morgan fingerprint density at radius 1 is 0.600 bits per heavy atom. The highest BCUT2D eigenvalue weighted by molar-refractivity contribution is 7.91. The first-order chi connectivity index (χ1) is 28.6. The van der Waals surface area contributed by atoms with E-state index >= 15 is 0 Å². The van der Waals surface area contributed by atoms with Crippen molar-refractivity contribution in [2.24, 2.45) is 5.73 Å². The molecule has 60 heavy (non-hydrogen) atoms. The molecule has 2 aromatic heterocycles. The maximum Gasteiger partial charge on any atom is 0.339 e. The van der Waals surface area contributed by atoms with Gasteiger partial charge in [0.2, 0.25) is 0 Å². The van der Waals surface area contributed by atoms with E-state index in [-0.39, 0.29) is 86.7 Å². The molecule has 2 fully saturated rings. The van der Waals surface area contributed by atoms with E-state index in [1.54, 1.807) is 87.0 Å². The first-order valence-electron chi connectivity index (χ1n) is 18.7. The van der Waals surface area contributed by atoms with Crippen LogP contribution in [0.25, 0.3) is 0 Å². The van der Waals surface area contributed by atoms with Crippen LogP contribution < -0.4 is 25.0 Å². The van der Waals surface area contributed by atoms with Crippen LogP contribution in [-0.2, 0) is 37.5 Å². The van der Waals surface area contributed by atoms with Gasteiger partial charge >= 0.3 is 18.0 Å². The molecule has 4 aromatic rings. The molecule has 20 heteroatoms. The van der Waals surface area contributed by atoms with Gasteiger partial charge < -0.3 is 29.7 Å². The van der Waals surface area contributed by atoms with Gasteiger partial charge in [-0.2, -0.15) is 0 Å². The minimum absolute atomic E-state index is 0.0522. The molecule has 2 saturated heterocycles. The summed E-state index contributed by atoms with van der Waals surface area (Å²) >= 11 is 0. The van der Waals surface area contributed by atoms with Crippen molar-refractivity contribution in [3.8, 4) is 11.5 Å². The number of urea groups is 2. The van der Waals surface area contributed by atoms with Gasteiger partial charge in [-0.25, -0.2) is 31.2 Å². The van der Waals surface area contributed by atoms with Crippen molar-refractivity contribution in [2.45, 2.75) is 13.1 Å². The molecule has 0 aliphatic carbocycles. The summed E-state index contributed by atoms with van der Waals surface area (Å²) in [6, 6.07) is 19.9. The number of nitrogens with two attached hydrogens (primary N) is 1. The summed E-state index contributed by atoms with van der Waals surface area (Å²) in [4.78, 5) is 64.4. The number of ketones is 1. The van der Waals surface area contributed by atoms with Gasteiger partial charge in [-0.1, -0.05) is 0 Å². The van der Waals surface area contributed by atoms with E-state index in [0.29, 0.717) is 45.4 Å². The van der Waals surface area contributed by atoms with Crippen molar-refractivity contribution in [3.63, 3.8) is 0 Å². The van der Waals surface area contributed by atoms with Crippen molar-refractivity contribution in [1.82, 2.24) is 19.8 Å². The number of sulfone groups is 2. The molecular formula is C40H47N7O11S2. The molecule has 0 bridgehead atoms. The van der Waals surface area contributed by atoms with E-state index in [9.17, 15) is 36.0 Å². The maximum atomic E-state index is 13.2. The van der Waals surface area contributed by atoms with E-state index in [1.807, 2.05) is 0 Å². The van der Waals surface area contributed by atoms with Crippen LogP contribution in [0.5, 0.6) is 11.5 Å². The highest BCUT2D eigenvalue weighted by atomic mass is 32.2. The second kappa shape index (κ2) is 20.2. The summed E-state index contributed by atoms with van der Waals surface area (Å²) in [5.41, 5.74) is 8.48. The molecule has 2 aliphatic heterocycles. The molecule has 2 N–H and O–H groups in total. The molecular weight excluding hydrogens is 819 g/mol. The van der Waals surface area contributed by atoms with Crippen LogP contribution in [0, 0.1) is 0 Å². The Balaban J connectivity index is 0.000000228. The lowest BCUT2D eigenvalue weighted by molar-refractivity contribution is 0.0600. The number of benzene rings is 2. The third-order valence-electron chi connectivity index (χ3n) is 9.68. The molecule has 4 amide bonds. The lowest BCUT2D eigenvalue weighted by Gasteiger charge is -2.33. The molecule has 2 aromatic carbocycles. The van der Waals surface area contributed by atoms with Crippen molar-refractivity contribution < 1.29 is 50.2 Å². The maximum absolute atomic E-state index is 13.2. The summed E-state index contributed by atoms with van der Waals surface area (Å²) < 4.78 is 61.9. The minimum Gasteiger partial charge on any atom is -0.497 e. The first kappa shape index (κ1) is 45.0. The molecule has 0 radical (unpaired) electrons. The normalized spacial score (nSPS) is 15.4. The van der Waals surface area contributed by atoms with Crippen molar-refractivity contribution in [2.75, 3.05) is 86.9 Å². The lowest BCUT2D eigenvalue weighted by atomic mass is 10.1. The van der Waals surface area contributed by atoms with Gasteiger partial charge in [0.15, 0.2) is 25.5 Å². The summed E-state index contributed by atoms with van der Waals surface area (Å²) in [5, 5.41) is 0. The predicted molar refractivity (Wildman–Crippen MR) is 223 cm³/mol. The van der Waals surface area contributed by atoms with Gasteiger partial charge in [0.1, 0.15) is 11.5 Å². The van der Waals surface area contributed by atoms with Crippen LogP contribution in [0.3, 0.4) is 0 Å². The molecule has 4 heterocycles. The molecule has 0 spiro atoms. The number of hydrogen-bond donors (Lipinski definition) is 1. The highest BCUT2D eigenvalue weighted by Crippen LogP contribution is 2.25. The van der Waals surface area contributed by atoms with Gasteiger partial charge in [-0.3, -0.25) is 24.6 Å². The number of amides is 4.